The number of rotatable bonds is 4. The molecular formula is C12H16BrNO3. The molecule has 0 bridgehead atoms. The normalized spacial score (nSPS) is 10.4. The molecule has 17 heavy (non-hydrogen) atoms. The number of nitrogens with two attached hydrogens (primary N) is 1. The molecule has 0 aliphatic carbocycles. The van der Waals surface area contributed by atoms with Gasteiger partial charge in [0.15, 0.2) is 0 Å². The van der Waals surface area contributed by atoms with Crippen molar-refractivity contribution in [1.82, 2.24) is 0 Å². The summed E-state index contributed by atoms with van der Waals surface area (Å²) >= 11 is 3.29. The Labute approximate surface area is 109 Å². The first kappa shape index (κ1) is 13.8. The van der Waals surface area contributed by atoms with Crippen LogP contribution in [0.1, 0.15) is 31.1 Å². The van der Waals surface area contributed by atoms with Gasteiger partial charge in [-0.3, -0.25) is 0 Å². The van der Waals surface area contributed by atoms with E-state index < -0.39 is 5.97 Å². The molecule has 1 rings (SSSR count). The van der Waals surface area contributed by atoms with Crippen molar-refractivity contribution in [2.45, 2.75) is 26.9 Å². The van der Waals surface area contributed by atoms with Gasteiger partial charge in [-0.05, 0) is 48.8 Å². The third-order valence-corrected chi connectivity index (χ3v) is 2.66. The first-order chi connectivity index (χ1) is 7.97. The predicted octanol–water partition coefficient (Wildman–Crippen LogP) is 3.00. The molecule has 1 aromatic carbocycles. The van der Waals surface area contributed by atoms with Crippen molar-refractivity contribution in [2.24, 2.45) is 0 Å². The third-order valence-electron chi connectivity index (χ3n) is 2.00. The molecule has 0 fully saturated rings. The molecule has 0 heterocycles. The molecule has 0 aliphatic rings. The van der Waals surface area contributed by atoms with Crippen LogP contribution in [0.3, 0.4) is 0 Å². The standard InChI is InChI=1S/C12H16BrNO3/c1-4-16-9-6-5-8(13)10(11(9)14)12(15)17-7(2)3/h5-7H,4,14H2,1-3H3. The Hall–Kier alpha value is -1.23. The summed E-state index contributed by atoms with van der Waals surface area (Å²) < 4.78 is 11.1. The van der Waals surface area contributed by atoms with Crippen molar-refractivity contribution in [2.75, 3.05) is 12.3 Å². The molecule has 0 radical (unpaired) electrons. The molecule has 0 spiro atoms. The van der Waals surface area contributed by atoms with Crippen LogP contribution in [-0.4, -0.2) is 18.7 Å². The zero-order valence-corrected chi connectivity index (χ0v) is 11.7. The van der Waals surface area contributed by atoms with Gasteiger partial charge in [-0.25, -0.2) is 4.79 Å². The van der Waals surface area contributed by atoms with Crippen molar-refractivity contribution in [1.29, 1.82) is 0 Å². The number of benzene rings is 1. The minimum Gasteiger partial charge on any atom is -0.492 e. The SMILES string of the molecule is CCOc1ccc(Br)c(C(=O)OC(C)C)c1N. The van der Waals surface area contributed by atoms with E-state index in [0.29, 0.717) is 28.1 Å². The summed E-state index contributed by atoms with van der Waals surface area (Å²) in [6, 6.07) is 3.44. The molecule has 0 atom stereocenters. The van der Waals surface area contributed by atoms with E-state index in [-0.39, 0.29) is 6.10 Å². The van der Waals surface area contributed by atoms with E-state index in [1.165, 1.54) is 0 Å². The fourth-order valence-electron chi connectivity index (χ4n) is 1.34. The van der Waals surface area contributed by atoms with Gasteiger partial charge in [-0.2, -0.15) is 0 Å². The Morgan fingerprint density at radius 2 is 2.12 bits per heavy atom. The van der Waals surface area contributed by atoms with Crippen LogP contribution in [0.15, 0.2) is 16.6 Å². The quantitative estimate of drug-likeness (QED) is 0.686. The highest BCUT2D eigenvalue weighted by Crippen LogP contribution is 2.32. The van der Waals surface area contributed by atoms with Crippen LogP contribution >= 0.6 is 15.9 Å². The van der Waals surface area contributed by atoms with Crippen LogP contribution < -0.4 is 10.5 Å². The Bertz CT molecular complexity index is 418. The van der Waals surface area contributed by atoms with Gasteiger partial charge < -0.3 is 15.2 Å². The first-order valence-corrected chi connectivity index (χ1v) is 6.18. The van der Waals surface area contributed by atoms with Crippen molar-refractivity contribution in [3.63, 3.8) is 0 Å². The maximum absolute atomic E-state index is 11.9. The molecule has 0 aliphatic heterocycles. The molecule has 0 unspecified atom stereocenters. The van der Waals surface area contributed by atoms with Crippen LogP contribution in [0.25, 0.3) is 0 Å². The maximum atomic E-state index is 11.9. The molecule has 2 N–H and O–H groups in total. The van der Waals surface area contributed by atoms with E-state index in [4.69, 9.17) is 15.2 Å². The smallest absolute Gasteiger partial charge is 0.341 e. The Kier molecular flexibility index (Phi) is 4.81. The summed E-state index contributed by atoms with van der Waals surface area (Å²) in [7, 11) is 0. The average Bonchev–Trinajstić information content (AvgIpc) is 2.21. The third kappa shape index (κ3) is 3.36. The van der Waals surface area contributed by atoms with Crippen molar-refractivity contribution in [3.05, 3.63) is 22.2 Å². The van der Waals surface area contributed by atoms with E-state index in [1.54, 1.807) is 26.0 Å². The molecular weight excluding hydrogens is 286 g/mol. The number of halogens is 1. The number of nitrogen functional groups attached to an aromatic ring is 1. The van der Waals surface area contributed by atoms with Crippen molar-refractivity contribution in [3.8, 4) is 5.75 Å². The lowest BCUT2D eigenvalue weighted by Crippen LogP contribution is -2.14. The second-order valence-corrected chi connectivity index (χ2v) is 4.58. The lowest BCUT2D eigenvalue weighted by atomic mass is 10.1. The van der Waals surface area contributed by atoms with Gasteiger partial charge in [0, 0.05) is 4.47 Å². The number of anilines is 1. The molecule has 0 saturated carbocycles. The van der Waals surface area contributed by atoms with Gasteiger partial charge >= 0.3 is 5.97 Å². The van der Waals surface area contributed by atoms with E-state index in [0.717, 1.165) is 0 Å². The van der Waals surface area contributed by atoms with Crippen LogP contribution in [0.2, 0.25) is 0 Å². The molecule has 0 amide bonds. The summed E-state index contributed by atoms with van der Waals surface area (Å²) in [5.41, 5.74) is 6.50. The largest absolute Gasteiger partial charge is 0.492 e. The summed E-state index contributed by atoms with van der Waals surface area (Å²) in [6.45, 7) is 5.92. The summed E-state index contributed by atoms with van der Waals surface area (Å²) in [5.74, 6) is 0.0392. The number of carbonyl (C=O) groups is 1. The predicted molar refractivity (Wildman–Crippen MR) is 70.3 cm³/mol. The second-order valence-electron chi connectivity index (χ2n) is 3.72. The summed E-state index contributed by atoms with van der Waals surface area (Å²) in [6.07, 6.45) is -0.190. The van der Waals surface area contributed by atoms with Gasteiger partial charge in [0.25, 0.3) is 0 Å². The number of carbonyl (C=O) groups excluding carboxylic acids is 1. The van der Waals surface area contributed by atoms with Gasteiger partial charge in [-0.1, -0.05) is 0 Å². The summed E-state index contributed by atoms with van der Waals surface area (Å²) in [5, 5.41) is 0. The van der Waals surface area contributed by atoms with Gasteiger partial charge in [0.05, 0.1) is 18.4 Å². The van der Waals surface area contributed by atoms with E-state index >= 15 is 0 Å². The minimum atomic E-state index is -0.453. The van der Waals surface area contributed by atoms with Crippen molar-refractivity contribution < 1.29 is 14.3 Å². The zero-order chi connectivity index (χ0) is 13.0. The fraction of sp³-hybridized carbons (Fsp3) is 0.417. The number of hydrogen-bond donors (Lipinski definition) is 1. The number of hydrogen-bond acceptors (Lipinski definition) is 4. The van der Waals surface area contributed by atoms with Crippen LogP contribution in [0, 0.1) is 0 Å². The van der Waals surface area contributed by atoms with E-state index in [2.05, 4.69) is 15.9 Å². The molecule has 94 valence electrons. The van der Waals surface area contributed by atoms with E-state index in [9.17, 15) is 4.79 Å². The first-order valence-electron chi connectivity index (χ1n) is 5.39. The summed E-state index contributed by atoms with van der Waals surface area (Å²) in [4.78, 5) is 11.9. The highest BCUT2D eigenvalue weighted by atomic mass is 79.9. The van der Waals surface area contributed by atoms with Crippen LogP contribution in [0.5, 0.6) is 5.75 Å². The van der Waals surface area contributed by atoms with Crippen molar-refractivity contribution >= 4 is 27.6 Å². The molecule has 1 aromatic rings. The maximum Gasteiger partial charge on any atom is 0.341 e. The Balaban J connectivity index is 3.13. The molecule has 4 nitrogen and oxygen atoms in total. The highest BCUT2D eigenvalue weighted by Gasteiger charge is 2.19. The highest BCUT2D eigenvalue weighted by molar-refractivity contribution is 9.10. The second kappa shape index (κ2) is 5.91. The lowest BCUT2D eigenvalue weighted by Gasteiger charge is -2.14. The minimum absolute atomic E-state index is 0.190. The zero-order valence-electron chi connectivity index (χ0n) is 10.1. The molecule has 5 heteroatoms. The Morgan fingerprint density at radius 3 is 2.65 bits per heavy atom. The topological polar surface area (TPSA) is 61.5 Å². The fourth-order valence-corrected chi connectivity index (χ4v) is 1.84. The van der Waals surface area contributed by atoms with Crippen LogP contribution in [0.4, 0.5) is 5.69 Å². The van der Waals surface area contributed by atoms with Gasteiger partial charge in [-0.15, -0.1) is 0 Å². The van der Waals surface area contributed by atoms with Crippen LogP contribution in [-0.2, 0) is 4.74 Å². The molecule has 0 saturated heterocycles. The van der Waals surface area contributed by atoms with E-state index in [1.807, 2.05) is 6.92 Å². The molecule has 0 aromatic heterocycles. The monoisotopic (exact) mass is 301 g/mol. The average molecular weight is 302 g/mol. The Morgan fingerprint density at radius 1 is 1.47 bits per heavy atom. The number of esters is 1. The van der Waals surface area contributed by atoms with Gasteiger partial charge in [0.1, 0.15) is 11.3 Å². The number of ether oxygens (including phenoxy) is 2. The lowest BCUT2D eigenvalue weighted by molar-refractivity contribution is 0.0377. The van der Waals surface area contributed by atoms with Gasteiger partial charge in [0.2, 0.25) is 0 Å².